The first-order valence-corrected chi connectivity index (χ1v) is 10.2. The molecule has 0 N–H and O–H groups in total. The van der Waals surface area contributed by atoms with Crippen LogP contribution in [-0.4, -0.2) is 29.8 Å². The maximum Gasteiger partial charge on any atom is 0.278 e. The predicted octanol–water partition coefficient (Wildman–Crippen LogP) is 4.41. The number of amides is 2. The highest BCUT2D eigenvalue weighted by Crippen LogP contribution is 2.38. The van der Waals surface area contributed by atoms with Crippen molar-refractivity contribution >= 4 is 23.1 Å². The lowest BCUT2D eigenvalue weighted by atomic mass is 10.0. The summed E-state index contributed by atoms with van der Waals surface area (Å²) < 4.78 is 0. The highest BCUT2D eigenvalue weighted by molar-refractivity contribution is 6.36. The fraction of sp³-hybridized carbons (Fsp3) is 0.333. The van der Waals surface area contributed by atoms with Gasteiger partial charge in [0.1, 0.15) is 5.70 Å². The molecule has 144 valence electrons. The van der Waals surface area contributed by atoms with Crippen LogP contribution in [0.4, 0.5) is 5.69 Å². The van der Waals surface area contributed by atoms with Crippen LogP contribution in [0, 0.1) is 0 Å². The fourth-order valence-electron chi connectivity index (χ4n) is 4.15. The van der Waals surface area contributed by atoms with Crippen molar-refractivity contribution in [3.63, 3.8) is 0 Å². The Morgan fingerprint density at radius 3 is 2.39 bits per heavy atom. The maximum absolute atomic E-state index is 13.4. The van der Waals surface area contributed by atoms with Crippen LogP contribution in [0.3, 0.4) is 0 Å². The van der Waals surface area contributed by atoms with Crippen LogP contribution in [0.1, 0.15) is 43.7 Å². The number of unbranched alkanes of at least 4 members (excludes halogenated alkanes) is 3. The van der Waals surface area contributed by atoms with E-state index in [2.05, 4.69) is 13.0 Å². The molecule has 4 nitrogen and oxygen atoms in total. The van der Waals surface area contributed by atoms with E-state index in [-0.39, 0.29) is 11.8 Å². The highest BCUT2D eigenvalue weighted by atomic mass is 16.2. The molecule has 0 saturated carbocycles. The van der Waals surface area contributed by atoms with Crippen molar-refractivity contribution in [1.29, 1.82) is 0 Å². The summed E-state index contributed by atoms with van der Waals surface area (Å²) in [6, 6.07) is 17.8. The largest absolute Gasteiger partial charge is 0.336 e. The molecule has 0 aromatic heterocycles. The number of hydrogen-bond donors (Lipinski definition) is 0. The average molecular weight is 374 g/mol. The van der Waals surface area contributed by atoms with Crippen molar-refractivity contribution in [3.05, 3.63) is 71.4 Å². The third kappa shape index (κ3) is 3.24. The zero-order valence-corrected chi connectivity index (χ0v) is 16.4. The minimum Gasteiger partial charge on any atom is -0.336 e. The van der Waals surface area contributed by atoms with Gasteiger partial charge < -0.3 is 4.90 Å². The topological polar surface area (TPSA) is 40.6 Å². The number of hydrogen-bond acceptors (Lipinski definition) is 3. The molecular formula is C24H26N2O2. The maximum atomic E-state index is 13.4. The molecule has 0 spiro atoms. The lowest BCUT2D eigenvalue weighted by molar-refractivity contribution is -0.136. The summed E-state index contributed by atoms with van der Waals surface area (Å²) in [5, 5.41) is 0. The second-order valence-electron chi connectivity index (χ2n) is 7.44. The summed E-state index contributed by atoms with van der Waals surface area (Å²) in [6.45, 7) is 3.38. The van der Waals surface area contributed by atoms with E-state index in [1.807, 2.05) is 53.4 Å². The molecule has 0 bridgehead atoms. The summed E-state index contributed by atoms with van der Waals surface area (Å²) in [6.07, 6.45) is 5.04. The zero-order valence-electron chi connectivity index (χ0n) is 16.4. The van der Waals surface area contributed by atoms with Gasteiger partial charge in [0.15, 0.2) is 0 Å². The first-order chi connectivity index (χ1) is 13.7. The van der Waals surface area contributed by atoms with Crippen molar-refractivity contribution < 1.29 is 9.59 Å². The molecule has 2 aliphatic heterocycles. The van der Waals surface area contributed by atoms with Gasteiger partial charge in [0, 0.05) is 18.8 Å². The lowest BCUT2D eigenvalue weighted by Crippen LogP contribution is -2.35. The molecule has 0 fully saturated rings. The second-order valence-corrected chi connectivity index (χ2v) is 7.44. The Morgan fingerprint density at radius 1 is 0.857 bits per heavy atom. The molecule has 2 aliphatic rings. The van der Waals surface area contributed by atoms with Gasteiger partial charge in [0.05, 0.1) is 5.57 Å². The van der Waals surface area contributed by atoms with Crippen LogP contribution in [-0.2, 0) is 16.0 Å². The average Bonchev–Trinajstić information content (AvgIpc) is 3.25. The molecular weight excluding hydrogens is 348 g/mol. The van der Waals surface area contributed by atoms with Gasteiger partial charge in [-0.1, -0.05) is 74.7 Å². The molecule has 0 aliphatic carbocycles. The van der Waals surface area contributed by atoms with Gasteiger partial charge in [-0.3, -0.25) is 14.5 Å². The monoisotopic (exact) mass is 374 g/mol. The van der Waals surface area contributed by atoms with Crippen molar-refractivity contribution in [2.24, 2.45) is 0 Å². The molecule has 2 aromatic rings. The Balaban J connectivity index is 1.72. The molecule has 0 atom stereocenters. The number of imide groups is 1. The number of carbonyl (C=O) groups excluding carboxylic acids is 2. The van der Waals surface area contributed by atoms with Gasteiger partial charge in [0.25, 0.3) is 11.8 Å². The minimum absolute atomic E-state index is 0.156. The summed E-state index contributed by atoms with van der Waals surface area (Å²) >= 11 is 0. The first-order valence-electron chi connectivity index (χ1n) is 10.2. The third-order valence-corrected chi connectivity index (χ3v) is 5.60. The van der Waals surface area contributed by atoms with Crippen molar-refractivity contribution in [3.8, 4) is 0 Å². The summed E-state index contributed by atoms with van der Waals surface area (Å²) in [4.78, 5) is 30.1. The van der Waals surface area contributed by atoms with E-state index in [0.29, 0.717) is 17.8 Å². The number of anilines is 1. The Morgan fingerprint density at radius 2 is 1.61 bits per heavy atom. The molecule has 4 rings (SSSR count). The Labute approximate surface area is 166 Å². The Bertz CT molecular complexity index is 917. The van der Waals surface area contributed by atoms with Crippen LogP contribution in [0.25, 0.3) is 5.57 Å². The van der Waals surface area contributed by atoms with E-state index >= 15 is 0 Å². The number of nitrogens with zero attached hydrogens (tertiary/aromatic N) is 2. The number of rotatable bonds is 7. The highest BCUT2D eigenvalue weighted by Gasteiger charge is 2.42. The SMILES string of the molecule is CCCCCCN1C(=O)C(c2ccccc2)=C(N2CCc3ccccc32)C1=O. The van der Waals surface area contributed by atoms with Crippen LogP contribution in [0.15, 0.2) is 60.3 Å². The van der Waals surface area contributed by atoms with Crippen LogP contribution < -0.4 is 4.90 Å². The zero-order chi connectivity index (χ0) is 19.5. The standard InChI is InChI=1S/C24H26N2O2/c1-2-3-4-10-16-26-23(27)21(19-12-6-5-7-13-19)22(24(26)28)25-17-15-18-11-8-9-14-20(18)25/h5-9,11-14H,2-4,10,15-17H2,1H3. The van der Waals surface area contributed by atoms with Crippen LogP contribution in [0.2, 0.25) is 0 Å². The van der Waals surface area contributed by atoms with Crippen molar-refractivity contribution in [2.75, 3.05) is 18.0 Å². The van der Waals surface area contributed by atoms with E-state index in [1.165, 1.54) is 10.5 Å². The quantitative estimate of drug-likeness (QED) is 0.532. The Hall–Kier alpha value is -2.88. The molecule has 4 heteroatoms. The molecule has 28 heavy (non-hydrogen) atoms. The van der Waals surface area contributed by atoms with E-state index in [4.69, 9.17) is 0 Å². The van der Waals surface area contributed by atoms with Crippen molar-refractivity contribution in [2.45, 2.75) is 39.0 Å². The fourth-order valence-corrected chi connectivity index (χ4v) is 4.15. The number of fused-ring (bicyclic) bond motifs is 1. The smallest absolute Gasteiger partial charge is 0.278 e. The molecule has 0 saturated heterocycles. The van der Waals surface area contributed by atoms with Gasteiger partial charge in [-0.25, -0.2) is 0 Å². The lowest BCUT2D eigenvalue weighted by Gasteiger charge is -2.21. The second kappa shape index (κ2) is 8.01. The summed E-state index contributed by atoms with van der Waals surface area (Å²) in [5.41, 5.74) is 4.16. The third-order valence-electron chi connectivity index (χ3n) is 5.60. The van der Waals surface area contributed by atoms with Gasteiger partial charge in [-0.2, -0.15) is 0 Å². The van der Waals surface area contributed by atoms with Gasteiger partial charge in [-0.15, -0.1) is 0 Å². The number of carbonyl (C=O) groups is 2. The predicted molar refractivity (Wildman–Crippen MR) is 112 cm³/mol. The molecule has 2 amide bonds. The van der Waals surface area contributed by atoms with Crippen molar-refractivity contribution in [1.82, 2.24) is 4.90 Å². The molecule has 0 radical (unpaired) electrons. The molecule has 0 unspecified atom stereocenters. The normalized spacial score (nSPS) is 16.3. The summed E-state index contributed by atoms with van der Waals surface area (Å²) in [7, 11) is 0. The van der Waals surface area contributed by atoms with E-state index in [9.17, 15) is 9.59 Å². The van der Waals surface area contributed by atoms with Gasteiger partial charge in [-0.05, 0) is 30.0 Å². The number of benzene rings is 2. The minimum atomic E-state index is -0.160. The molecule has 2 heterocycles. The first kappa shape index (κ1) is 18.5. The van der Waals surface area contributed by atoms with Gasteiger partial charge >= 0.3 is 0 Å². The number of para-hydroxylation sites is 1. The Kier molecular flexibility index (Phi) is 5.29. The van der Waals surface area contributed by atoms with E-state index in [1.54, 1.807) is 0 Å². The van der Waals surface area contributed by atoms with E-state index < -0.39 is 0 Å². The van der Waals surface area contributed by atoms with Crippen LogP contribution >= 0.6 is 0 Å². The summed E-state index contributed by atoms with van der Waals surface area (Å²) in [5.74, 6) is -0.316. The van der Waals surface area contributed by atoms with Gasteiger partial charge in [0.2, 0.25) is 0 Å². The van der Waals surface area contributed by atoms with Crippen LogP contribution in [0.5, 0.6) is 0 Å². The molecule has 2 aromatic carbocycles. The van der Waals surface area contributed by atoms with E-state index in [0.717, 1.165) is 49.9 Å².